The topological polar surface area (TPSA) is 153 Å². The number of hydrogen-bond donors (Lipinski definition) is 1. The van der Waals surface area contributed by atoms with E-state index in [1.165, 1.54) is 17.7 Å². The van der Waals surface area contributed by atoms with E-state index in [9.17, 15) is 27.6 Å². The molecule has 6 aromatic rings. The number of hydrogen-bond acceptors (Lipinski definition) is 11. The number of alkyl halides is 3. The van der Waals surface area contributed by atoms with Gasteiger partial charge in [0.1, 0.15) is 25.2 Å². The van der Waals surface area contributed by atoms with Crippen LogP contribution in [0.5, 0.6) is 5.75 Å². The van der Waals surface area contributed by atoms with Gasteiger partial charge in [0, 0.05) is 31.1 Å². The van der Waals surface area contributed by atoms with Gasteiger partial charge < -0.3 is 24.4 Å². The number of amides is 2. The molecule has 0 atom stereocenters. The van der Waals surface area contributed by atoms with Crippen molar-refractivity contribution in [2.75, 3.05) is 36.4 Å². The van der Waals surface area contributed by atoms with E-state index in [0.717, 1.165) is 58.1 Å². The molecule has 0 saturated carbocycles. The third-order valence-electron chi connectivity index (χ3n) is 10.1. The monoisotopic (exact) mass is 832 g/mol. The Bertz CT molecular complexity index is 2580. The van der Waals surface area contributed by atoms with Gasteiger partial charge in [-0.1, -0.05) is 48.9 Å². The Labute approximate surface area is 338 Å². The van der Waals surface area contributed by atoms with Gasteiger partial charge in [-0.05, 0) is 56.4 Å². The van der Waals surface area contributed by atoms with Crippen molar-refractivity contribution in [1.29, 1.82) is 0 Å². The molecule has 2 aliphatic rings. The first-order valence-electron chi connectivity index (χ1n) is 18.6. The molecule has 0 bridgehead atoms. The number of benzene rings is 2. The lowest BCUT2D eigenvalue weighted by atomic mass is 10.2. The quantitative estimate of drug-likeness (QED) is 0.174. The minimum atomic E-state index is -4.61. The van der Waals surface area contributed by atoms with E-state index >= 15 is 0 Å². The number of nitrogens with zero attached hydrogens (tertiary/aromatic N) is 9. The van der Waals surface area contributed by atoms with E-state index in [0.29, 0.717) is 28.6 Å². The van der Waals surface area contributed by atoms with Crippen LogP contribution in [0.25, 0.3) is 16.6 Å². The van der Waals surface area contributed by atoms with Gasteiger partial charge in [-0.15, -0.1) is 16.4 Å². The van der Waals surface area contributed by atoms with E-state index in [1.54, 1.807) is 16.4 Å². The van der Waals surface area contributed by atoms with Crippen LogP contribution in [0.2, 0.25) is 5.02 Å². The smallest absolute Gasteiger partial charge is 0.416 e. The largest absolute Gasteiger partial charge is 0.485 e. The first-order valence-corrected chi connectivity index (χ1v) is 19.8. The van der Waals surface area contributed by atoms with Gasteiger partial charge in [-0.2, -0.15) is 22.7 Å². The second-order valence-corrected chi connectivity index (χ2v) is 15.4. The van der Waals surface area contributed by atoms with E-state index in [2.05, 4.69) is 20.4 Å². The van der Waals surface area contributed by atoms with Crippen LogP contribution in [0.15, 0.2) is 59.7 Å². The number of piperazine rings is 1. The molecule has 300 valence electrons. The Morgan fingerprint density at radius 1 is 1.02 bits per heavy atom. The zero-order chi connectivity index (χ0) is 40.7. The molecule has 0 radical (unpaired) electrons. The molecule has 2 aromatic carbocycles. The Hall–Kier alpha value is -5.88. The highest BCUT2D eigenvalue weighted by Crippen LogP contribution is 2.35. The third kappa shape index (κ3) is 7.60. The molecule has 1 N–H and O–H groups in total. The molecule has 14 nitrogen and oxygen atoms in total. The number of thiazole rings is 1. The Morgan fingerprint density at radius 2 is 1.79 bits per heavy atom. The van der Waals surface area contributed by atoms with Crippen molar-refractivity contribution in [1.82, 2.24) is 39.0 Å². The molecule has 1 saturated heterocycles. The number of anilines is 2. The Balaban J connectivity index is 1.10. The molecule has 4 aromatic heterocycles. The number of halogens is 4. The molecule has 1 fully saturated rings. The van der Waals surface area contributed by atoms with Crippen LogP contribution < -0.4 is 20.5 Å². The maximum Gasteiger partial charge on any atom is 0.416 e. The summed E-state index contributed by atoms with van der Waals surface area (Å²) in [4.78, 5) is 64.7. The summed E-state index contributed by atoms with van der Waals surface area (Å²) in [6, 6.07) is 12.2. The fourth-order valence-electron chi connectivity index (χ4n) is 7.23. The molecule has 2 amide bonds. The van der Waals surface area contributed by atoms with Gasteiger partial charge in [0.25, 0.3) is 11.5 Å². The highest BCUT2D eigenvalue weighted by Gasteiger charge is 2.33. The van der Waals surface area contributed by atoms with E-state index in [-0.39, 0.29) is 78.9 Å². The second kappa shape index (κ2) is 15.8. The maximum absolute atomic E-state index is 14.5. The number of carbonyl (C=O) groups is 2. The Morgan fingerprint density at radius 3 is 2.50 bits per heavy atom. The lowest BCUT2D eigenvalue weighted by Crippen LogP contribution is -2.51. The predicted octanol–water partition coefficient (Wildman–Crippen LogP) is 6.02. The molecule has 5 heterocycles. The summed E-state index contributed by atoms with van der Waals surface area (Å²) in [5, 5.41) is 7.48. The Kier molecular flexibility index (Phi) is 10.6. The molecule has 1 aliphatic carbocycles. The number of rotatable bonds is 10. The van der Waals surface area contributed by atoms with E-state index in [4.69, 9.17) is 26.3 Å². The molecule has 0 unspecified atom stereocenters. The summed E-state index contributed by atoms with van der Waals surface area (Å²) in [5.74, 6) is -0.334. The first-order chi connectivity index (χ1) is 27.9. The van der Waals surface area contributed by atoms with Gasteiger partial charge in [0.15, 0.2) is 16.5 Å². The normalized spacial score (nSPS) is 14.2. The first kappa shape index (κ1) is 39.0. The second-order valence-electron chi connectivity index (χ2n) is 13.9. The number of nitrogens with one attached hydrogen (secondary N) is 1. The van der Waals surface area contributed by atoms with Crippen molar-refractivity contribution in [3.05, 3.63) is 109 Å². The molecule has 1 aliphatic heterocycles. The summed E-state index contributed by atoms with van der Waals surface area (Å²) < 4.78 is 48.7. The molecule has 0 spiro atoms. The summed E-state index contributed by atoms with van der Waals surface area (Å²) in [7, 11) is 0. The molecular formula is C39H36ClF3N10O4S. The van der Waals surface area contributed by atoms with Crippen LogP contribution in [-0.4, -0.2) is 77.0 Å². The predicted molar refractivity (Wildman–Crippen MR) is 211 cm³/mol. The van der Waals surface area contributed by atoms with Crippen LogP contribution >= 0.6 is 22.9 Å². The van der Waals surface area contributed by atoms with Crippen molar-refractivity contribution in [3.63, 3.8) is 0 Å². The van der Waals surface area contributed by atoms with Gasteiger partial charge >= 0.3 is 6.18 Å². The summed E-state index contributed by atoms with van der Waals surface area (Å²) in [5.41, 5.74) is 1.90. The van der Waals surface area contributed by atoms with Crippen LogP contribution in [0.1, 0.15) is 56.9 Å². The SMILES string of the molecule is CCc1c(N2CCN(C(=O)c3ncnc(C)c3OCc3ccccc3)CC2)c(=O)n2nc(-c3nc4c(s3)CCC4)nc2n1CC(=O)Nc1ccc(C(F)(F)F)cc1Cl. The van der Waals surface area contributed by atoms with Gasteiger partial charge in [0.2, 0.25) is 17.5 Å². The van der Waals surface area contributed by atoms with Crippen molar-refractivity contribution < 1.29 is 27.5 Å². The fourth-order valence-corrected chi connectivity index (χ4v) is 8.54. The highest BCUT2D eigenvalue weighted by atomic mass is 35.5. The van der Waals surface area contributed by atoms with E-state index < -0.39 is 23.2 Å². The molecule has 58 heavy (non-hydrogen) atoms. The van der Waals surface area contributed by atoms with E-state index in [1.807, 2.05) is 42.2 Å². The molecule has 8 rings (SSSR count). The average molecular weight is 833 g/mol. The van der Waals surface area contributed by atoms with Gasteiger partial charge in [-0.3, -0.25) is 14.4 Å². The van der Waals surface area contributed by atoms with Crippen molar-refractivity contribution in [3.8, 4) is 16.6 Å². The summed E-state index contributed by atoms with van der Waals surface area (Å²) in [6.45, 7) is 4.44. The number of fused-ring (bicyclic) bond motifs is 2. The standard InChI is InChI=1S/C39H36ClF3N10O4S/c1-3-28-32(50-14-16-51(17-15-50)36(55)31-33(22(2)44-21-45-31)57-20-23-8-5-4-6-9-23)37(56)53-38(48-34(49-53)35-47-27-10-7-11-29(27)58-35)52(28)19-30(54)46-26-13-12-24(18-25(26)40)39(41,42)43/h4-6,8-9,12-13,18,21H,3,7,10-11,14-17,19-20H2,1-2H3,(H,46,54). The number of ether oxygens (including phenoxy) is 1. The van der Waals surface area contributed by atoms with Crippen molar-refractivity contribution >= 4 is 51.9 Å². The maximum atomic E-state index is 14.5. The van der Waals surface area contributed by atoms with Crippen LogP contribution in [0.4, 0.5) is 24.5 Å². The zero-order valence-electron chi connectivity index (χ0n) is 31.3. The summed E-state index contributed by atoms with van der Waals surface area (Å²) in [6.07, 6.45) is -0.235. The fraction of sp³-hybridized carbons (Fsp3) is 0.333. The zero-order valence-corrected chi connectivity index (χ0v) is 32.9. The summed E-state index contributed by atoms with van der Waals surface area (Å²) >= 11 is 7.64. The minimum Gasteiger partial charge on any atom is -0.485 e. The third-order valence-corrected chi connectivity index (χ3v) is 11.6. The van der Waals surface area contributed by atoms with Crippen LogP contribution in [-0.2, 0) is 43.4 Å². The lowest BCUT2D eigenvalue weighted by Gasteiger charge is -2.36. The number of aryl methyl sites for hydroxylation is 3. The van der Waals surface area contributed by atoms with Gasteiger partial charge in [-0.25, -0.2) is 15.0 Å². The van der Waals surface area contributed by atoms with Gasteiger partial charge in [0.05, 0.1) is 33.4 Å². The van der Waals surface area contributed by atoms with Crippen LogP contribution in [0.3, 0.4) is 0 Å². The van der Waals surface area contributed by atoms with Crippen molar-refractivity contribution in [2.24, 2.45) is 0 Å². The molecular weight excluding hydrogens is 797 g/mol. The lowest BCUT2D eigenvalue weighted by molar-refractivity contribution is -0.137. The number of carbonyl (C=O) groups excluding carboxylic acids is 2. The molecule has 19 heteroatoms. The van der Waals surface area contributed by atoms with Crippen LogP contribution in [0, 0.1) is 6.92 Å². The average Bonchev–Trinajstić information content (AvgIpc) is 3.95. The minimum absolute atomic E-state index is 0.0113. The van der Waals surface area contributed by atoms with Crippen molar-refractivity contribution in [2.45, 2.75) is 58.9 Å². The highest BCUT2D eigenvalue weighted by molar-refractivity contribution is 7.15. The number of aromatic nitrogens is 7.